The molecular weight excluding hydrogens is 303 g/mol. The van der Waals surface area contributed by atoms with Crippen molar-refractivity contribution >= 4 is 22.4 Å². The number of carboxylic acids is 1. The number of methoxy groups -OCH3 is 1. The van der Waals surface area contributed by atoms with Gasteiger partial charge in [0.25, 0.3) is 0 Å². The summed E-state index contributed by atoms with van der Waals surface area (Å²) in [7, 11) is -3.37. The molecule has 0 aliphatic heterocycles. The second kappa shape index (κ2) is 8.00. The van der Waals surface area contributed by atoms with E-state index in [1.54, 1.807) is 0 Å². The largest absolute Gasteiger partial charge is 1.00 e. The average molecular weight is 313 g/mol. The predicted octanol–water partition coefficient (Wildman–Crippen LogP) is -2.02. The molecule has 0 aliphatic carbocycles. The Morgan fingerprint density at radius 3 is 2.42 bits per heavy atom. The zero-order chi connectivity index (χ0) is 13.8. The monoisotopic (exact) mass is 313 g/mol. The number of benzene rings is 1. The van der Waals surface area contributed by atoms with E-state index in [-0.39, 0.29) is 62.9 Å². The van der Waals surface area contributed by atoms with E-state index in [1.165, 1.54) is 31.4 Å². The zero-order valence-electron chi connectivity index (χ0n) is 10.2. The van der Waals surface area contributed by atoms with Gasteiger partial charge in [0.2, 0.25) is 0 Å². The van der Waals surface area contributed by atoms with Crippen molar-refractivity contribution in [3.05, 3.63) is 29.8 Å². The van der Waals surface area contributed by atoms with Crippen LogP contribution in [0.4, 0.5) is 0 Å². The van der Waals surface area contributed by atoms with Gasteiger partial charge in [-0.15, -0.1) is 0 Å². The van der Waals surface area contributed by atoms with E-state index in [1.807, 2.05) is 0 Å². The van der Waals surface area contributed by atoms with Gasteiger partial charge in [0.15, 0.2) is 11.5 Å². The topological polar surface area (TPSA) is 110 Å². The van der Waals surface area contributed by atoms with Gasteiger partial charge in [-0.1, -0.05) is 6.07 Å². The van der Waals surface area contributed by atoms with Gasteiger partial charge in [0.1, 0.15) is 0 Å². The van der Waals surface area contributed by atoms with Crippen molar-refractivity contribution in [1.29, 1.82) is 0 Å². The maximum absolute atomic E-state index is 10.6. The van der Waals surface area contributed by atoms with E-state index in [9.17, 15) is 13.2 Å². The Morgan fingerprint density at radius 1 is 1.32 bits per heavy atom. The fourth-order valence-corrected chi connectivity index (χ4v) is 1.50. The standard InChI is InChI=1S/C10H10O7S.K/c1-16-9-6-7(3-5-10(11)12)2-4-8(9)17-18(13,14)15;/h2-6H,1H3,(H,11,12)(H,13,14,15);/q;+1/b5-3+;. The third-order valence-electron chi connectivity index (χ3n) is 1.80. The minimum atomic E-state index is -4.64. The quantitative estimate of drug-likeness (QED) is 0.367. The minimum Gasteiger partial charge on any atom is -0.493 e. The molecule has 0 unspecified atom stereocenters. The third kappa shape index (κ3) is 7.06. The first-order valence-corrected chi connectivity index (χ1v) is 5.94. The summed E-state index contributed by atoms with van der Waals surface area (Å²) in [6, 6.07) is 4.00. The molecule has 1 aromatic carbocycles. The number of aliphatic carboxylic acids is 1. The van der Waals surface area contributed by atoms with Crippen molar-refractivity contribution in [2.75, 3.05) is 7.11 Å². The van der Waals surface area contributed by atoms with Crippen LogP contribution >= 0.6 is 0 Å². The maximum Gasteiger partial charge on any atom is 1.00 e. The van der Waals surface area contributed by atoms with Gasteiger partial charge in [-0.3, -0.25) is 4.55 Å². The Labute approximate surface area is 152 Å². The van der Waals surface area contributed by atoms with Gasteiger partial charge >= 0.3 is 67.8 Å². The Kier molecular flexibility index (Phi) is 7.82. The summed E-state index contributed by atoms with van der Waals surface area (Å²) in [6.07, 6.45) is 2.21. The van der Waals surface area contributed by atoms with Crippen LogP contribution in [0.2, 0.25) is 0 Å². The molecule has 19 heavy (non-hydrogen) atoms. The number of carbonyl (C=O) groups is 1. The van der Waals surface area contributed by atoms with Crippen LogP contribution in [0.3, 0.4) is 0 Å². The molecule has 2 N–H and O–H groups in total. The maximum atomic E-state index is 10.6. The Morgan fingerprint density at radius 2 is 1.95 bits per heavy atom. The molecule has 0 bridgehead atoms. The molecule has 0 radical (unpaired) electrons. The smallest absolute Gasteiger partial charge is 0.493 e. The van der Waals surface area contributed by atoms with Gasteiger partial charge in [-0.25, -0.2) is 4.79 Å². The average Bonchev–Trinajstić information content (AvgIpc) is 2.25. The van der Waals surface area contributed by atoms with Crippen LogP contribution in [0.5, 0.6) is 11.5 Å². The summed E-state index contributed by atoms with van der Waals surface area (Å²) in [6.45, 7) is 0. The normalized spacial score (nSPS) is 10.8. The first-order chi connectivity index (χ1) is 8.31. The van der Waals surface area contributed by atoms with Crippen molar-refractivity contribution in [2.24, 2.45) is 0 Å². The van der Waals surface area contributed by atoms with Crippen LogP contribution < -0.4 is 60.3 Å². The minimum absolute atomic E-state index is 0. The van der Waals surface area contributed by atoms with Crippen LogP contribution in [0.15, 0.2) is 24.3 Å². The van der Waals surface area contributed by atoms with E-state index in [2.05, 4.69) is 4.18 Å². The fourth-order valence-electron chi connectivity index (χ4n) is 1.14. The molecular formula is C10H10KO7S+. The molecule has 0 fully saturated rings. The van der Waals surface area contributed by atoms with Crippen molar-refractivity contribution in [1.82, 2.24) is 0 Å². The molecule has 9 heteroatoms. The van der Waals surface area contributed by atoms with Crippen LogP contribution in [-0.2, 0) is 15.2 Å². The Balaban J connectivity index is 0.00000324. The summed E-state index contributed by atoms with van der Waals surface area (Å²) in [4.78, 5) is 10.3. The van der Waals surface area contributed by atoms with Gasteiger partial charge in [-0.05, 0) is 23.8 Å². The van der Waals surface area contributed by atoms with E-state index in [4.69, 9.17) is 14.4 Å². The number of hydrogen-bond donors (Lipinski definition) is 2. The number of rotatable bonds is 5. The molecule has 0 aliphatic rings. The summed E-state index contributed by atoms with van der Waals surface area (Å²) >= 11 is 0. The van der Waals surface area contributed by atoms with Gasteiger partial charge in [0.05, 0.1) is 7.11 Å². The van der Waals surface area contributed by atoms with E-state index in [0.717, 1.165) is 6.08 Å². The SMILES string of the molecule is COc1cc(/C=C/C(=O)O)ccc1OS(=O)(=O)O.[K+]. The molecule has 7 nitrogen and oxygen atoms in total. The third-order valence-corrected chi connectivity index (χ3v) is 2.19. The van der Waals surface area contributed by atoms with E-state index < -0.39 is 16.4 Å². The zero-order valence-corrected chi connectivity index (χ0v) is 14.2. The summed E-state index contributed by atoms with van der Waals surface area (Å²) in [5, 5.41) is 8.45. The number of carboxylic acid groups (broad SMARTS) is 1. The molecule has 1 rings (SSSR count). The van der Waals surface area contributed by atoms with Crippen LogP contribution in [0, 0.1) is 0 Å². The molecule has 0 saturated carbocycles. The van der Waals surface area contributed by atoms with Crippen molar-refractivity contribution in [3.8, 4) is 11.5 Å². The van der Waals surface area contributed by atoms with Gasteiger partial charge < -0.3 is 14.0 Å². The molecule has 0 aromatic heterocycles. The molecule has 0 saturated heterocycles. The summed E-state index contributed by atoms with van der Waals surface area (Å²) in [5.74, 6) is -1.28. The van der Waals surface area contributed by atoms with Crippen LogP contribution in [-0.4, -0.2) is 31.2 Å². The van der Waals surface area contributed by atoms with Crippen molar-refractivity contribution in [3.63, 3.8) is 0 Å². The van der Waals surface area contributed by atoms with E-state index >= 15 is 0 Å². The second-order valence-corrected chi connectivity index (χ2v) is 4.12. The Hall–Kier alpha value is -0.424. The molecule has 0 heterocycles. The Bertz CT molecular complexity index is 580. The summed E-state index contributed by atoms with van der Waals surface area (Å²) in [5.41, 5.74) is 0.469. The fraction of sp³-hybridized carbons (Fsp3) is 0.100. The predicted molar refractivity (Wildman–Crippen MR) is 61.8 cm³/mol. The molecule has 0 spiro atoms. The first kappa shape index (κ1) is 18.6. The van der Waals surface area contributed by atoms with Crippen LogP contribution in [0.1, 0.15) is 5.56 Å². The molecule has 0 atom stereocenters. The van der Waals surface area contributed by atoms with E-state index in [0.29, 0.717) is 5.56 Å². The summed E-state index contributed by atoms with van der Waals surface area (Å²) < 4.78 is 38.8. The van der Waals surface area contributed by atoms with Crippen LogP contribution in [0.25, 0.3) is 6.08 Å². The second-order valence-electron chi connectivity index (χ2n) is 3.09. The molecule has 1 aromatic rings. The van der Waals surface area contributed by atoms with Crippen molar-refractivity contribution < 1.29 is 83.2 Å². The van der Waals surface area contributed by atoms with Crippen molar-refractivity contribution in [2.45, 2.75) is 0 Å². The first-order valence-electron chi connectivity index (χ1n) is 4.58. The van der Waals surface area contributed by atoms with Gasteiger partial charge in [0, 0.05) is 6.08 Å². The molecule has 98 valence electrons. The van der Waals surface area contributed by atoms with Gasteiger partial charge in [-0.2, -0.15) is 8.42 Å². The number of ether oxygens (including phenoxy) is 1. The molecule has 0 amide bonds. The number of hydrogen-bond acceptors (Lipinski definition) is 5.